The van der Waals surface area contributed by atoms with Gasteiger partial charge in [0.05, 0.1) is 22.7 Å². The number of ether oxygens (including phenoxy) is 1. The number of benzene rings is 3. The molecular weight excluding hydrogens is 459 g/mol. The second-order valence-corrected chi connectivity index (χ2v) is 8.84. The molecule has 0 aromatic heterocycles. The molecule has 0 aliphatic rings. The van der Waals surface area contributed by atoms with E-state index in [0.29, 0.717) is 16.5 Å². The van der Waals surface area contributed by atoms with Crippen LogP contribution in [0.1, 0.15) is 5.56 Å². The molecule has 3 aromatic carbocycles. The Morgan fingerprint density at radius 2 is 1.71 bits per heavy atom. The molecule has 0 fully saturated rings. The van der Waals surface area contributed by atoms with E-state index in [-0.39, 0.29) is 21.5 Å². The van der Waals surface area contributed by atoms with E-state index in [4.69, 9.17) is 27.9 Å². The van der Waals surface area contributed by atoms with Crippen LogP contribution >= 0.6 is 23.2 Å². The summed E-state index contributed by atoms with van der Waals surface area (Å²) in [6, 6.07) is 17.5. The maximum absolute atomic E-state index is 12.6. The third kappa shape index (κ3) is 6.01. The average molecular weight is 477 g/mol. The van der Waals surface area contributed by atoms with Crippen LogP contribution in [0.25, 0.3) is 6.08 Å². The quantitative estimate of drug-likeness (QED) is 0.443. The zero-order chi connectivity index (χ0) is 22.4. The first kappa shape index (κ1) is 22.7. The van der Waals surface area contributed by atoms with Crippen molar-refractivity contribution in [3.63, 3.8) is 0 Å². The predicted molar refractivity (Wildman–Crippen MR) is 124 cm³/mol. The van der Waals surface area contributed by atoms with E-state index in [0.717, 1.165) is 5.56 Å². The molecule has 0 aliphatic heterocycles. The summed E-state index contributed by atoms with van der Waals surface area (Å²) >= 11 is 11.9. The number of halogens is 2. The molecule has 0 saturated heterocycles. The zero-order valence-electron chi connectivity index (χ0n) is 16.3. The lowest BCUT2D eigenvalue weighted by atomic mass is 10.2. The van der Waals surface area contributed by atoms with Crippen LogP contribution in [0.4, 0.5) is 11.4 Å². The highest BCUT2D eigenvalue weighted by molar-refractivity contribution is 7.92. The van der Waals surface area contributed by atoms with Gasteiger partial charge in [0.2, 0.25) is 5.91 Å². The van der Waals surface area contributed by atoms with Gasteiger partial charge in [0, 0.05) is 22.3 Å². The monoisotopic (exact) mass is 476 g/mol. The highest BCUT2D eigenvalue weighted by Gasteiger charge is 2.16. The Labute approximate surface area is 190 Å². The number of amides is 1. The maximum atomic E-state index is 12.6. The molecule has 0 spiro atoms. The lowest BCUT2D eigenvalue weighted by Gasteiger charge is -2.10. The minimum atomic E-state index is -3.87. The van der Waals surface area contributed by atoms with E-state index >= 15 is 0 Å². The van der Waals surface area contributed by atoms with Gasteiger partial charge >= 0.3 is 0 Å². The SMILES string of the molecule is COc1ccccc1C=CC(=O)Nc1ccc(S(=O)(=O)Nc2ccc(Cl)cc2Cl)cc1. The number of carbonyl (C=O) groups excluding carboxylic acids is 1. The summed E-state index contributed by atoms with van der Waals surface area (Å²) in [5.41, 5.74) is 1.41. The summed E-state index contributed by atoms with van der Waals surface area (Å²) in [5.74, 6) is 0.280. The molecule has 1 amide bonds. The first-order valence-electron chi connectivity index (χ1n) is 8.98. The number of hydrogen-bond acceptors (Lipinski definition) is 4. The fourth-order valence-electron chi connectivity index (χ4n) is 2.65. The van der Waals surface area contributed by atoms with Crippen molar-refractivity contribution in [2.75, 3.05) is 17.1 Å². The number of carbonyl (C=O) groups is 1. The Kier molecular flexibility index (Phi) is 7.22. The summed E-state index contributed by atoms with van der Waals surface area (Å²) < 4.78 is 32.8. The summed E-state index contributed by atoms with van der Waals surface area (Å²) in [6.07, 6.45) is 3.00. The molecule has 0 bridgehead atoms. The summed E-state index contributed by atoms with van der Waals surface area (Å²) in [7, 11) is -2.31. The Bertz CT molecular complexity index is 1230. The summed E-state index contributed by atoms with van der Waals surface area (Å²) in [6.45, 7) is 0. The van der Waals surface area contributed by atoms with Gasteiger partial charge in [-0.25, -0.2) is 8.42 Å². The first-order valence-corrected chi connectivity index (χ1v) is 11.2. The molecule has 6 nitrogen and oxygen atoms in total. The Balaban J connectivity index is 1.68. The topological polar surface area (TPSA) is 84.5 Å². The van der Waals surface area contributed by atoms with E-state index in [1.54, 1.807) is 19.3 Å². The fraction of sp³-hybridized carbons (Fsp3) is 0.0455. The van der Waals surface area contributed by atoms with E-state index < -0.39 is 10.0 Å². The molecule has 2 N–H and O–H groups in total. The van der Waals surface area contributed by atoms with Gasteiger partial charge in [0.25, 0.3) is 10.0 Å². The molecule has 3 rings (SSSR count). The molecule has 0 atom stereocenters. The van der Waals surface area contributed by atoms with Gasteiger partial charge < -0.3 is 10.1 Å². The van der Waals surface area contributed by atoms with Crippen molar-refractivity contribution in [3.8, 4) is 5.75 Å². The van der Waals surface area contributed by atoms with Crippen LogP contribution in [-0.4, -0.2) is 21.4 Å². The molecule has 0 radical (unpaired) electrons. The second kappa shape index (κ2) is 9.87. The number of para-hydroxylation sites is 1. The molecule has 3 aromatic rings. The number of sulfonamides is 1. The van der Waals surface area contributed by atoms with Crippen molar-refractivity contribution in [2.45, 2.75) is 4.90 Å². The smallest absolute Gasteiger partial charge is 0.261 e. The Morgan fingerprint density at radius 3 is 2.39 bits per heavy atom. The molecular formula is C22H18Cl2N2O4S. The minimum Gasteiger partial charge on any atom is -0.496 e. The van der Waals surface area contributed by atoms with Gasteiger partial charge in [-0.1, -0.05) is 41.4 Å². The van der Waals surface area contributed by atoms with Crippen LogP contribution in [0, 0.1) is 0 Å². The van der Waals surface area contributed by atoms with Crippen LogP contribution in [-0.2, 0) is 14.8 Å². The number of methoxy groups -OCH3 is 1. The van der Waals surface area contributed by atoms with E-state index in [2.05, 4.69) is 10.0 Å². The number of nitrogens with one attached hydrogen (secondary N) is 2. The second-order valence-electron chi connectivity index (χ2n) is 6.32. The lowest BCUT2D eigenvalue weighted by Crippen LogP contribution is -2.13. The molecule has 9 heteroatoms. The van der Waals surface area contributed by atoms with Crippen molar-refractivity contribution in [2.24, 2.45) is 0 Å². The van der Waals surface area contributed by atoms with Crippen molar-refractivity contribution in [3.05, 3.63) is 88.4 Å². The van der Waals surface area contributed by atoms with Crippen molar-refractivity contribution in [1.82, 2.24) is 0 Å². The van der Waals surface area contributed by atoms with Gasteiger partial charge in [-0.15, -0.1) is 0 Å². The largest absolute Gasteiger partial charge is 0.496 e. The van der Waals surface area contributed by atoms with Crippen molar-refractivity contribution in [1.29, 1.82) is 0 Å². The summed E-state index contributed by atoms with van der Waals surface area (Å²) in [4.78, 5) is 12.2. The van der Waals surface area contributed by atoms with Gasteiger partial charge in [-0.2, -0.15) is 0 Å². The highest BCUT2D eigenvalue weighted by atomic mass is 35.5. The minimum absolute atomic E-state index is 0.0149. The van der Waals surface area contributed by atoms with Crippen molar-refractivity contribution < 1.29 is 17.9 Å². The highest BCUT2D eigenvalue weighted by Crippen LogP contribution is 2.28. The van der Waals surface area contributed by atoms with Crippen LogP contribution in [0.3, 0.4) is 0 Å². The molecule has 0 saturated carbocycles. The first-order chi connectivity index (χ1) is 14.8. The number of hydrogen-bond donors (Lipinski definition) is 2. The standard InChI is InChI=1S/C22H18Cl2N2O4S/c1-30-21-5-3-2-4-15(21)6-13-22(27)25-17-8-10-18(11-9-17)31(28,29)26-20-12-7-16(23)14-19(20)24/h2-14,26H,1H3,(H,25,27). The molecule has 0 aliphatic carbocycles. The van der Waals surface area contributed by atoms with E-state index in [1.165, 1.54) is 48.5 Å². The molecule has 160 valence electrons. The van der Waals surface area contributed by atoms with Gasteiger partial charge in [0.1, 0.15) is 5.75 Å². The average Bonchev–Trinajstić information content (AvgIpc) is 2.75. The van der Waals surface area contributed by atoms with E-state index in [1.807, 2.05) is 18.2 Å². The van der Waals surface area contributed by atoms with Crippen LogP contribution < -0.4 is 14.8 Å². The fourth-order valence-corrected chi connectivity index (χ4v) is 4.24. The number of anilines is 2. The molecule has 0 unspecified atom stereocenters. The van der Waals surface area contributed by atoms with E-state index in [9.17, 15) is 13.2 Å². The van der Waals surface area contributed by atoms with Gasteiger partial charge in [-0.3, -0.25) is 9.52 Å². The van der Waals surface area contributed by atoms with Crippen LogP contribution in [0.2, 0.25) is 10.0 Å². The third-order valence-electron chi connectivity index (χ3n) is 4.16. The maximum Gasteiger partial charge on any atom is 0.261 e. The van der Waals surface area contributed by atoms with Crippen molar-refractivity contribution >= 4 is 56.6 Å². The van der Waals surface area contributed by atoms with Crippen LogP contribution in [0.5, 0.6) is 5.75 Å². The number of rotatable bonds is 7. The lowest BCUT2D eigenvalue weighted by molar-refractivity contribution is -0.111. The normalized spacial score (nSPS) is 11.3. The van der Waals surface area contributed by atoms with Crippen LogP contribution in [0.15, 0.2) is 77.7 Å². The Hall–Kier alpha value is -3.00. The van der Waals surface area contributed by atoms with Gasteiger partial charge in [-0.05, 0) is 54.6 Å². The summed E-state index contributed by atoms with van der Waals surface area (Å²) in [5, 5.41) is 3.25. The molecule has 0 heterocycles. The zero-order valence-corrected chi connectivity index (χ0v) is 18.6. The third-order valence-corrected chi connectivity index (χ3v) is 6.09. The Morgan fingerprint density at radius 1 is 1.00 bits per heavy atom. The predicted octanol–water partition coefficient (Wildman–Crippen LogP) is 5.45. The molecule has 31 heavy (non-hydrogen) atoms. The van der Waals surface area contributed by atoms with Gasteiger partial charge in [0.15, 0.2) is 0 Å².